The largest absolute Gasteiger partial charge is 0.573 e. The number of halogens is 3. The van der Waals surface area contributed by atoms with Crippen LogP contribution in [0.25, 0.3) is 0 Å². The molecule has 0 aliphatic carbocycles. The lowest BCUT2D eigenvalue weighted by atomic mass is 10.3. The fraction of sp³-hybridized carbons (Fsp3) is 0.333. The molecular weight excluding hydrogens is 293 g/mol. The van der Waals surface area contributed by atoms with Crippen LogP contribution in [0.4, 0.5) is 23.7 Å². The quantitative estimate of drug-likeness (QED) is 0.837. The normalized spacial score (nSPS) is 12.2. The molecule has 116 valence electrons. The van der Waals surface area contributed by atoms with Gasteiger partial charge >= 0.3 is 18.4 Å². The molecule has 0 radical (unpaired) electrons. The Balaban J connectivity index is 2.56. The minimum absolute atomic E-state index is 0.235. The third kappa shape index (κ3) is 6.02. The van der Waals surface area contributed by atoms with Gasteiger partial charge in [-0.05, 0) is 31.2 Å². The number of benzene rings is 1. The Bertz CT molecular complexity index is 502. The van der Waals surface area contributed by atoms with E-state index in [9.17, 15) is 22.8 Å². The van der Waals surface area contributed by atoms with Crippen LogP contribution in [0.15, 0.2) is 24.3 Å². The molecule has 0 aromatic heterocycles. The van der Waals surface area contributed by atoms with E-state index in [2.05, 4.69) is 20.1 Å². The highest BCUT2D eigenvalue weighted by molar-refractivity contribution is 5.92. The SMILES string of the molecule is COC(=O)[C@@H](C)NC(=O)Nc1ccc(OC(F)(F)F)cc1. The number of hydrogen-bond donors (Lipinski definition) is 2. The van der Waals surface area contributed by atoms with E-state index < -0.39 is 30.2 Å². The molecule has 1 aromatic carbocycles. The fourth-order valence-electron chi connectivity index (χ4n) is 1.34. The van der Waals surface area contributed by atoms with E-state index in [1.54, 1.807) is 0 Å². The van der Waals surface area contributed by atoms with Gasteiger partial charge in [0.1, 0.15) is 11.8 Å². The van der Waals surface area contributed by atoms with Gasteiger partial charge in [0.25, 0.3) is 0 Å². The summed E-state index contributed by atoms with van der Waals surface area (Å²) in [7, 11) is 1.18. The number of amides is 2. The number of anilines is 1. The summed E-state index contributed by atoms with van der Waals surface area (Å²) in [6.45, 7) is 1.42. The van der Waals surface area contributed by atoms with Crippen molar-refractivity contribution in [3.05, 3.63) is 24.3 Å². The molecule has 1 rings (SSSR count). The van der Waals surface area contributed by atoms with Crippen molar-refractivity contribution in [1.29, 1.82) is 0 Å². The van der Waals surface area contributed by atoms with Gasteiger partial charge in [0.15, 0.2) is 0 Å². The molecule has 21 heavy (non-hydrogen) atoms. The minimum Gasteiger partial charge on any atom is -0.467 e. The number of carbonyl (C=O) groups is 2. The first kappa shape index (κ1) is 16.6. The zero-order valence-corrected chi connectivity index (χ0v) is 11.2. The highest BCUT2D eigenvalue weighted by Crippen LogP contribution is 2.23. The Morgan fingerprint density at radius 1 is 1.19 bits per heavy atom. The van der Waals surface area contributed by atoms with Crippen molar-refractivity contribution in [3.8, 4) is 5.75 Å². The summed E-state index contributed by atoms with van der Waals surface area (Å²) in [4.78, 5) is 22.6. The Morgan fingerprint density at radius 2 is 1.76 bits per heavy atom. The molecule has 2 amide bonds. The second-order valence-corrected chi connectivity index (χ2v) is 3.92. The first-order valence-electron chi connectivity index (χ1n) is 5.72. The van der Waals surface area contributed by atoms with Crippen molar-refractivity contribution >= 4 is 17.7 Å². The summed E-state index contributed by atoms with van der Waals surface area (Å²) in [5.74, 6) is -1.03. The van der Waals surface area contributed by atoms with Crippen LogP contribution < -0.4 is 15.4 Å². The number of alkyl halides is 3. The summed E-state index contributed by atoms with van der Waals surface area (Å²) in [6.07, 6.45) is -4.78. The van der Waals surface area contributed by atoms with Crippen molar-refractivity contribution in [3.63, 3.8) is 0 Å². The molecule has 0 saturated carbocycles. The van der Waals surface area contributed by atoms with E-state index >= 15 is 0 Å². The standard InChI is InChI=1S/C12H13F3N2O4/c1-7(10(18)20-2)16-11(19)17-8-3-5-9(6-4-8)21-12(13,14)15/h3-7H,1-2H3,(H2,16,17,19)/t7-/m1/s1. The zero-order valence-electron chi connectivity index (χ0n) is 11.2. The lowest BCUT2D eigenvalue weighted by molar-refractivity contribution is -0.274. The van der Waals surface area contributed by atoms with Gasteiger partial charge < -0.3 is 20.1 Å². The molecule has 0 aliphatic rings. The molecule has 0 unspecified atom stereocenters. The average Bonchev–Trinajstić information content (AvgIpc) is 2.38. The van der Waals surface area contributed by atoms with Crippen LogP contribution in [0.2, 0.25) is 0 Å². The third-order valence-corrected chi connectivity index (χ3v) is 2.25. The van der Waals surface area contributed by atoms with Crippen molar-refractivity contribution in [2.75, 3.05) is 12.4 Å². The predicted octanol–water partition coefficient (Wildman–Crippen LogP) is 2.27. The monoisotopic (exact) mass is 306 g/mol. The predicted molar refractivity (Wildman–Crippen MR) is 66.8 cm³/mol. The first-order chi connectivity index (χ1) is 9.71. The summed E-state index contributed by atoms with van der Waals surface area (Å²) in [5.41, 5.74) is 0.235. The van der Waals surface area contributed by atoms with E-state index in [4.69, 9.17) is 0 Å². The lowest BCUT2D eigenvalue weighted by Gasteiger charge is -2.13. The molecule has 0 bridgehead atoms. The third-order valence-electron chi connectivity index (χ3n) is 2.25. The van der Waals surface area contributed by atoms with Crippen molar-refractivity contribution in [2.24, 2.45) is 0 Å². The van der Waals surface area contributed by atoms with Crippen molar-refractivity contribution < 1.29 is 32.2 Å². The molecule has 9 heteroatoms. The highest BCUT2D eigenvalue weighted by atomic mass is 19.4. The van der Waals surface area contributed by atoms with E-state index in [1.807, 2.05) is 0 Å². The van der Waals surface area contributed by atoms with E-state index in [1.165, 1.54) is 26.2 Å². The first-order valence-corrected chi connectivity index (χ1v) is 5.72. The van der Waals surface area contributed by atoms with Crippen molar-refractivity contribution in [1.82, 2.24) is 5.32 Å². The molecular formula is C12H13F3N2O4. The van der Waals surface area contributed by atoms with Gasteiger partial charge in [-0.1, -0.05) is 0 Å². The number of ether oxygens (including phenoxy) is 2. The number of methoxy groups -OCH3 is 1. The summed E-state index contributed by atoms with van der Waals surface area (Å²) in [6, 6.07) is 2.99. The molecule has 1 atom stereocenters. The van der Waals surface area contributed by atoms with E-state index in [0.29, 0.717) is 0 Å². The molecule has 0 aliphatic heterocycles. The molecule has 1 aromatic rings. The molecule has 0 heterocycles. The molecule has 2 N–H and O–H groups in total. The fourth-order valence-corrected chi connectivity index (χ4v) is 1.34. The highest BCUT2D eigenvalue weighted by Gasteiger charge is 2.30. The summed E-state index contributed by atoms with van der Waals surface area (Å²) >= 11 is 0. The molecule has 0 spiro atoms. The molecule has 6 nitrogen and oxygen atoms in total. The second kappa shape index (κ2) is 6.82. The Kier molecular flexibility index (Phi) is 5.39. The molecule has 0 saturated heterocycles. The summed E-state index contributed by atoms with van der Waals surface area (Å²) < 4.78 is 44.0. The van der Waals surface area contributed by atoms with Crippen LogP contribution in [0, 0.1) is 0 Å². The van der Waals surface area contributed by atoms with Gasteiger partial charge in [0.05, 0.1) is 7.11 Å². The smallest absolute Gasteiger partial charge is 0.467 e. The maximum atomic E-state index is 12.0. The number of esters is 1. The lowest BCUT2D eigenvalue weighted by Crippen LogP contribution is -2.41. The maximum absolute atomic E-state index is 12.0. The minimum atomic E-state index is -4.78. The van der Waals surface area contributed by atoms with Crippen LogP contribution in [0.5, 0.6) is 5.75 Å². The van der Waals surface area contributed by atoms with Crippen LogP contribution in [-0.2, 0) is 9.53 Å². The number of nitrogens with one attached hydrogen (secondary N) is 2. The van der Waals surface area contributed by atoms with Gasteiger partial charge in [-0.25, -0.2) is 9.59 Å². The van der Waals surface area contributed by atoms with Gasteiger partial charge in [0, 0.05) is 5.69 Å². The van der Waals surface area contributed by atoms with E-state index in [0.717, 1.165) is 12.1 Å². The van der Waals surface area contributed by atoms with Crippen LogP contribution in [0.1, 0.15) is 6.92 Å². The van der Waals surface area contributed by atoms with Crippen molar-refractivity contribution in [2.45, 2.75) is 19.3 Å². The Morgan fingerprint density at radius 3 is 2.24 bits per heavy atom. The van der Waals surface area contributed by atoms with E-state index in [-0.39, 0.29) is 5.69 Å². The average molecular weight is 306 g/mol. The van der Waals surface area contributed by atoms with Gasteiger partial charge in [-0.15, -0.1) is 13.2 Å². The molecule has 0 fully saturated rings. The maximum Gasteiger partial charge on any atom is 0.573 e. The number of carbonyl (C=O) groups excluding carboxylic acids is 2. The van der Waals surface area contributed by atoms with Crippen LogP contribution in [-0.4, -0.2) is 31.5 Å². The Labute approximate surface area is 118 Å². The Hall–Kier alpha value is -2.45. The van der Waals surface area contributed by atoms with Gasteiger partial charge in [0.2, 0.25) is 0 Å². The van der Waals surface area contributed by atoms with Gasteiger partial charge in [-0.3, -0.25) is 0 Å². The second-order valence-electron chi connectivity index (χ2n) is 3.92. The zero-order chi connectivity index (χ0) is 16.0. The number of urea groups is 1. The van der Waals surface area contributed by atoms with Crippen LogP contribution >= 0.6 is 0 Å². The number of hydrogen-bond acceptors (Lipinski definition) is 4. The topological polar surface area (TPSA) is 76.7 Å². The summed E-state index contributed by atoms with van der Waals surface area (Å²) in [5, 5.41) is 4.64. The van der Waals surface area contributed by atoms with Gasteiger partial charge in [-0.2, -0.15) is 0 Å². The van der Waals surface area contributed by atoms with Crippen LogP contribution in [0.3, 0.4) is 0 Å². The number of rotatable bonds is 4.